The van der Waals surface area contributed by atoms with Crippen molar-refractivity contribution in [1.82, 2.24) is 10.6 Å². The van der Waals surface area contributed by atoms with Gasteiger partial charge in [0, 0.05) is 24.2 Å². The SMILES string of the molecule is CCCCCCCCNC(=O)c1ccc(C=C(O)C(CO)(CO)C(O)=Cc2ccc(C(=O)NCCCCCCCC)cc2)cc1. The van der Waals surface area contributed by atoms with Crippen LogP contribution in [0, 0.1) is 5.41 Å². The number of aliphatic hydroxyl groups excluding tert-OH is 4. The normalized spacial score (nSPS) is 12.3. The summed E-state index contributed by atoms with van der Waals surface area (Å²) in [6, 6.07) is 13.1. The first-order chi connectivity index (χ1) is 21.8. The highest BCUT2D eigenvalue weighted by Crippen LogP contribution is 2.34. The van der Waals surface area contributed by atoms with E-state index in [0.29, 0.717) is 35.3 Å². The molecule has 0 fully saturated rings. The number of carbonyl (C=O) groups is 2. The van der Waals surface area contributed by atoms with Crippen molar-refractivity contribution in [2.75, 3.05) is 26.3 Å². The maximum absolute atomic E-state index is 12.5. The Morgan fingerprint density at radius 3 is 1.24 bits per heavy atom. The lowest BCUT2D eigenvalue weighted by molar-refractivity contribution is 0.0487. The van der Waals surface area contributed by atoms with Gasteiger partial charge in [0.1, 0.15) is 16.9 Å². The smallest absolute Gasteiger partial charge is 0.251 e. The molecule has 2 rings (SSSR count). The average Bonchev–Trinajstić information content (AvgIpc) is 3.05. The van der Waals surface area contributed by atoms with Crippen LogP contribution in [0.5, 0.6) is 0 Å². The van der Waals surface area contributed by atoms with Crippen LogP contribution in [0.25, 0.3) is 12.2 Å². The van der Waals surface area contributed by atoms with Crippen LogP contribution in [0.1, 0.15) is 123 Å². The molecule has 0 radical (unpaired) electrons. The van der Waals surface area contributed by atoms with Gasteiger partial charge in [-0.2, -0.15) is 0 Å². The predicted molar refractivity (Wildman–Crippen MR) is 182 cm³/mol. The molecular formula is C37H54N2O6. The molecule has 2 amide bonds. The van der Waals surface area contributed by atoms with Crippen molar-refractivity contribution in [2.45, 2.75) is 90.9 Å². The van der Waals surface area contributed by atoms with Crippen LogP contribution in [0.2, 0.25) is 0 Å². The zero-order chi connectivity index (χ0) is 32.9. The Hall–Kier alpha value is -3.62. The summed E-state index contributed by atoms with van der Waals surface area (Å²) in [6.45, 7) is 4.08. The van der Waals surface area contributed by atoms with E-state index in [1.807, 2.05) is 0 Å². The summed E-state index contributed by atoms with van der Waals surface area (Å²) in [4.78, 5) is 25.0. The topological polar surface area (TPSA) is 139 Å². The van der Waals surface area contributed by atoms with Crippen LogP contribution in [-0.2, 0) is 0 Å². The van der Waals surface area contributed by atoms with Gasteiger partial charge in [-0.25, -0.2) is 0 Å². The molecule has 2 aromatic rings. The van der Waals surface area contributed by atoms with Gasteiger partial charge in [0.25, 0.3) is 11.8 Å². The van der Waals surface area contributed by atoms with Crippen LogP contribution in [0.4, 0.5) is 0 Å². The second-order valence-electron chi connectivity index (χ2n) is 11.7. The Kier molecular flexibility index (Phi) is 17.7. The Labute approximate surface area is 269 Å². The molecule has 6 N–H and O–H groups in total. The molecule has 0 aliphatic carbocycles. The van der Waals surface area contributed by atoms with Gasteiger partial charge in [-0.15, -0.1) is 0 Å². The number of hydrogen-bond acceptors (Lipinski definition) is 6. The van der Waals surface area contributed by atoms with Gasteiger partial charge < -0.3 is 31.1 Å². The molecule has 8 nitrogen and oxygen atoms in total. The molecule has 0 spiro atoms. The fraction of sp³-hybridized carbons (Fsp3) is 0.514. The first kappa shape index (κ1) is 37.6. The number of amides is 2. The summed E-state index contributed by atoms with van der Waals surface area (Å²) >= 11 is 0. The maximum atomic E-state index is 12.5. The highest BCUT2D eigenvalue weighted by atomic mass is 16.3. The van der Waals surface area contributed by atoms with Crippen LogP contribution < -0.4 is 10.6 Å². The van der Waals surface area contributed by atoms with Crippen molar-refractivity contribution >= 4 is 24.0 Å². The molecule has 0 heterocycles. The van der Waals surface area contributed by atoms with Crippen molar-refractivity contribution in [1.29, 1.82) is 0 Å². The number of rotatable bonds is 22. The Morgan fingerprint density at radius 2 is 0.911 bits per heavy atom. The number of carbonyl (C=O) groups excluding carboxylic acids is 2. The van der Waals surface area contributed by atoms with Crippen LogP contribution in [0.3, 0.4) is 0 Å². The second-order valence-corrected chi connectivity index (χ2v) is 11.7. The van der Waals surface area contributed by atoms with Crippen molar-refractivity contribution in [2.24, 2.45) is 5.41 Å². The van der Waals surface area contributed by atoms with Crippen LogP contribution in [0.15, 0.2) is 60.0 Å². The second kappa shape index (κ2) is 21.2. The Morgan fingerprint density at radius 1 is 0.578 bits per heavy atom. The number of aliphatic hydroxyl groups is 4. The summed E-state index contributed by atoms with van der Waals surface area (Å²) in [5.41, 5.74) is 0.164. The highest BCUT2D eigenvalue weighted by molar-refractivity contribution is 5.94. The summed E-state index contributed by atoms with van der Waals surface area (Å²) in [7, 11) is 0. The van der Waals surface area contributed by atoms with Gasteiger partial charge in [0.15, 0.2) is 0 Å². The van der Waals surface area contributed by atoms with E-state index in [2.05, 4.69) is 24.5 Å². The van der Waals surface area contributed by atoms with Crippen molar-refractivity contribution in [3.8, 4) is 0 Å². The number of benzene rings is 2. The minimum atomic E-state index is -1.85. The average molecular weight is 623 g/mol. The molecule has 0 saturated heterocycles. The minimum absolute atomic E-state index is 0.176. The largest absolute Gasteiger partial charge is 0.511 e. The molecule has 45 heavy (non-hydrogen) atoms. The van der Waals surface area contributed by atoms with Gasteiger partial charge in [-0.1, -0.05) is 102 Å². The Bertz CT molecular complexity index is 1110. The van der Waals surface area contributed by atoms with Gasteiger partial charge in [0.05, 0.1) is 13.2 Å². The zero-order valence-corrected chi connectivity index (χ0v) is 27.2. The predicted octanol–water partition coefficient (Wildman–Crippen LogP) is 7.34. The highest BCUT2D eigenvalue weighted by Gasteiger charge is 2.38. The monoisotopic (exact) mass is 622 g/mol. The zero-order valence-electron chi connectivity index (χ0n) is 27.2. The molecular weight excluding hydrogens is 568 g/mol. The third-order valence-electron chi connectivity index (χ3n) is 8.10. The number of unbranched alkanes of at least 4 members (excludes halogenated alkanes) is 10. The van der Waals surface area contributed by atoms with Gasteiger partial charge in [0.2, 0.25) is 0 Å². The van der Waals surface area contributed by atoms with Gasteiger partial charge >= 0.3 is 0 Å². The molecule has 0 aliphatic rings. The maximum Gasteiger partial charge on any atom is 0.251 e. The fourth-order valence-corrected chi connectivity index (χ4v) is 4.98. The molecule has 0 aliphatic heterocycles. The molecule has 8 heteroatoms. The van der Waals surface area contributed by atoms with E-state index in [4.69, 9.17) is 0 Å². The molecule has 0 bridgehead atoms. The Balaban J connectivity index is 2.00. The summed E-state index contributed by atoms with van der Waals surface area (Å²) in [6.07, 6.45) is 16.4. The summed E-state index contributed by atoms with van der Waals surface area (Å²) in [5.74, 6) is -1.23. The molecule has 0 saturated carbocycles. The lowest BCUT2D eigenvalue weighted by Crippen LogP contribution is -2.34. The number of hydrogen-bond donors (Lipinski definition) is 6. The fourth-order valence-electron chi connectivity index (χ4n) is 4.98. The van der Waals surface area contributed by atoms with E-state index in [0.717, 1.165) is 25.7 Å². The number of nitrogens with one attached hydrogen (secondary N) is 2. The molecule has 2 aromatic carbocycles. The van der Waals surface area contributed by atoms with E-state index in [1.54, 1.807) is 48.5 Å². The van der Waals surface area contributed by atoms with E-state index in [9.17, 15) is 30.0 Å². The first-order valence-electron chi connectivity index (χ1n) is 16.6. The quantitative estimate of drug-likeness (QED) is 0.0600. The van der Waals surface area contributed by atoms with E-state index >= 15 is 0 Å². The van der Waals surface area contributed by atoms with E-state index in [1.165, 1.54) is 63.5 Å². The van der Waals surface area contributed by atoms with E-state index < -0.39 is 30.1 Å². The lowest BCUT2D eigenvalue weighted by Gasteiger charge is -2.28. The minimum Gasteiger partial charge on any atom is -0.511 e. The molecule has 0 aromatic heterocycles. The van der Waals surface area contributed by atoms with Crippen LogP contribution >= 0.6 is 0 Å². The van der Waals surface area contributed by atoms with E-state index in [-0.39, 0.29) is 11.8 Å². The molecule has 0 atom stereocenters. The van der Waals surface area contributed by atoms with Gasteiger partial charge in [-0.3, -0.25) is 9.59 Å². The van der Waals surface area contributed by atoms with Crippen LogP contribution in [-0.4, -0.2) is 58.5 Å². The summed E-state index contributed by atoms with van der Waals surface area (Å²) in [5, 5.41) is 48.1. The summed E-state index contributed by atoms with van der Waals surface area (Å²) < 4.78 is 0. The first-order valence-corrected chi connectivity index (χ1v) is 16.6. The van der Waals surface area contributed by atoms with Gasteiger partial charge in [-0.05, 0) is 60.4 Å². The molecule has 248 valence electrons. The van der Waals surface area contributed by atoms with Crippen molar-refractivity contribution in [3.05, 3.63) is 82.3 Å². The third-order valence-corrected chi connectivity index (χ3v) is 8.10. The lowest BCUT2D eigenvalue weighted by atomic mass is 9.83. The third kappa shape index (κ3) is 12.7. The standard InChI is InChI=1S/C37H54N2O6/c1-3-5-7-9-11-13-23-38-35(44)31-19-15-29(16-20-31)25-33(42)37(27-40,28-41)34(43)26-30-17-21-32(22-18-30)36(45)39-24-14-12-10-8-6-4-2/h15-22,25-26,40-43H,3-14,23-24,27-28H2,1-2H3,(H,38,44)(H,39,45). The molecule has 0 unspecified atom stereocenters. The van der Waals surface area contributed by atoms with Crippen molar-refractivity contribution < 1.29 is 30.0 Å². The van der Waals surface area contributed by atoms with Crippen molar-refractivity contribution in [3.63, 3.8) is 0 Å².